The summed E-state index contributed by atoms with van der Waals surface area (Å²) in [6.45, 7) is 48.1. The van der Waals surface area contributed by atoms with Gasteiger partial charge in [0.25, 0.3) is 0 Å². The van der Waals surface area contributed by atoms with E-state index in [1.807, 2.05) is 0 Å². The Hall–Kier alpha value is -1.56. The van der Waals surface area contributed by atoms with Crippen LogP contribution in [0.4, 0.5) is 0 Å². The first-order valence-electron chi connectivity index (χ1n) is 15.3. The Morgan fingerprint density at radius 3 is 0.949 bits per heavy atom. The van der Waals surface area contributed by atoms with Crippen LogP contribution in [0.5, 0.6) is 0 Å². The third-order valence-electron chi connectivity index (χ3n) is 8.44. The molecule has 0 amide bonds. The normalized spacial score (nSPS) is 14.7. The Bertz CT molecular complexity index is 1140. The second-order valence-corrected chi connectivity index (χ2v) is 19.0. The van der Waals surface area contributed by atoms with Gasteiger partial charge in [-0.25, -0.2) is 0 Å². The molecule has 0 aliphatic carbocycles. The highest BCUT2D eigenvalue weighted by molar-refractivity contribution is 5.62. The van der Waals surface area contributed by atoms with Gasteiger partial charge in [-0.1, -0.05) is 163 Å². The summed E-state index contributed by atoms with van der Waals surface area (Å²) in [4.78, 5) is 0. The van der Waals surface area contributed by atoms with E-state index >= 15 is 0 Å². The molecule has 0 nitrogen and oxygen atoms in total. The maximum atomic E-state index is 2.59. The van der Waals surface area contributed by atoms with Crippen molar-refractivity contribution < 1.29 is 0 Å². The number of benzene rings is 2. The predicted molar refractivity (Wildman–Crippen MR) is 177 cm³/mol. The summed E-state index contributed by atoms with van der Waals surface area (Å²) in [6.07, 6.45) is 0. The highest BCUT2D eigenvalue weighted by Gasteiger charge is 2.43. The van der Waals surface area contributed by atoms with Gasteiger partial charge in [-0.2, -0.15) is 0 Å². The first-order chi connectivity index (χ1) is 16.9. The zero-order chi connectivity index (χ0) is 30.9. The lowest BCUT2D eigenvalue weighted by molar-refractivity contribution is 0.464. The Morgan fingerprint density at radius 1 is 0.308 bits per heavy atom. The first kappa shape index (κ1) is 33.6. The lowest BCUT2D eigenvalue weighted by atomic mass is 9.58. The van der Waals surface area contributed by atoms with E-state index in [9.17, 15) is 0 Å². The fourth-order valence-electron chi connectivity index (χ4n) is 6.36. The van der Waals surface area contributed by atoms with Crippen molar-refractivity contribution in [1.82, 2.24) is 0 Å². The molecule has 2 aromatic rings. The predicted octanol–water partition coefficient (Wildman–Crippen LogP) is 11.8. The molecule has 0 unspecified atom stereocenters. The molecule has 0 aliphatic heterocycles. The van der Waals surface area contributed by atoms with Crippen LogP contribution in [0.3, 0.4) is 0 Å². The van der Waals surface area contributed by atoms with Crippen molar-refractivity contribution >= 4 is 0 Å². The van der Waals surface area contributed by atoms with Gasteiger partial charge >= 0.3 is 0 Å². The quantitative estimate of drug-likeness (QED) is 0.361. The fraction of sp³-hybridized carbons (Fsp3) is 0.692. The molecule has 0 saturated heterocycles. The van der Waals surface area contributed by atoms with E-state index in [0.29, 0.717) is 0 Å². The second-order valence-electron chi connectivity index (χ2n) is 19.0. The summed E-state index contributed by atoms with van der Waals surface area (Å²) in [5, 5.41) is 0. The van der Waals surface area contributed by atoms with Crippen LogP contribution in [0.1, 0.15) is 183 Å². The van der Waals surface area contributed by atoms with E-state index < -0.39 is 0 Å². The molecule has 39 heavy (non-hydrogen) atoms. The van der Waals surface area contributed by atoms with Crippen LogP contribution in [0.2, 0.25) is 0 Å². The van der Waals surface area contributed by atoms with Crippen LogP contribution in [0.25, 0.3) is 0 Å². The SMILES string of the molecule is CC(C)(C)c1ccc(C(C)(C)c2c(C(C)(C)C)c(C(C)(C)C)cc(C(C)(C)C)c2C(C)(C)C)c(C(C)(C)C)c1. The summed E-state index contributed by atoms with van der Waals surface area (Å²) in [5.41, 5.74) is 12.0. The standard InChI is InChI=1S/C39H64/c1-33(2,3)25-21-22-26(27(23-25)34(4,5)6)39(19,20)32-30(37(13,14)15)28(35(7,8)9)24-29(36(10,11)12)31(32)38(16,17)18/h21-24H,1-20H3. The minimum atomic E-state index is -0.189. The molecule has 2 rings (SSSR count). The van der Waals surface area contributed by atoms with Crippen molar-refractivity contribution in [3.05, 3.63) is 68.8 Å². The largest absolute Gasteiger partial charge is 0.0582 e. The number of rotatable bonds is 2. The Balaban J connectivity index is 3.37. The minimum Gasteiger partial charge on any atom is -0.0582 e. The molecule has 0 heteroatoms. The van der Waals surface area contributed by atoms with E-state index in [1.54, 1.807) is 5.56 Å². The van der Waals surface area contributed by atoms with Crippen LogP contribution in [0.15, 0.2) is 24.3 Å². The Labute approximate surface area is 244 Å². The third kappa shape index (κ3) is 6.85. The van der Waals surface area contributed by atoms with Crippen molar-refractivity contribution in [3.8, 4) is 0 Å². The van der Waals surface area contributed by atoms with E-state index in [-0.39, 0.29) is 37.9 Å². The average Bonchev–Trinajstić information content (AvgIpc) is 2.67. The van der Waals surface area contributed by atoms with Gasteiger partial charge in [-0.15, -0.1) is 0 Å². The van der Waals surface area contributed by atoms with Crippen molar-refractivity contribution in [3.63, 3.8) is 0 Å². The smallest absolute Gasteiger partial charge is 0.0155 e. The molecular formula is C39H64. The molecule has 0 saturated carbocycles. The highest BCUT2D eigenvalue weighted by Crippen LogP contribution is 2.52. The molecule has 0 spiro atoms. The molecule has 2 aromatic carbocycles. The maximum Gasteiger partial charge on any atom is 0.0155 e. The molecule has 0 aromatic heterocycles. The van der Waals surface area contributed by atoms with Gasteiger partial charge in [-0.3, -0.25) is 0 Å². The van der Waals surface area contributed by atoms with E-state index in [1.165, 1.54) is 38.9 Å². The van der Waals surface area contributed by atoms with E-state index in [2.05, 4.69) is 163 Å². The molecular weight excluding hydrogens is 468 g/mol. The summed E-state index contributed by atoms with van der Waals surface area (Å²) in [7, 11) is 0. The van der Waals surface area contributed by atoms with E-state index in [4.69, 9.17) is 0 Å². The van der Waals surface area contributed by atoms with Gasteiger partial charge in [0.2, 0.25) is 0 Å². The van der Waals surface area contributed by atoms with Crippen molar-refractivity contribution in [2.45, 2.75) is 176 Å². The molecule has 0 N–H and O–H groups in total. The zero-order valence-corrected chi connectivity index (χ0v) is 29.8. The summed E-state index contributed by atoms with van der Waals surface area (Å²) in [5.74, 6) is 0. The van der Waals surface area contributed by atoms with Crippen LogP contribution in [-0.2, 0) is 37.9 Å². The van der Waals surface area contributed by atoms with Crippen molar-refractivity contribution in [2.24, 2.45) is 0 Å². The summed E-state index contributed by atoms with van der Waals surface area (Å²) in [6, 6.07) is 9.98. The topological polar surface area (TPSA) is 0 Å². The average molecular weight is 533 g/mol. The Morgan fingerprint density at radius 2 is 0.667 bits per heavy atom. The van der Waals surface area contributed by atoms with Gasteiger partial charge in [0.1, 0.15) is 0 Å². The van der Waals surface area contributed by atoms with Gasteiger partial charge in [-0.05, 0) is 77.0 Å². The molecule has 0 heterocycles. The number of hydrogen-bond acceptors (Lipinski definition) is 0. The molecule has 0 radical (unpaired) electrons. The van der Waals surface area contributed by atoms with Crippen LogP contribution in [-0.4, -0.2) is 0 Å². The first-order valence-corrected chi connectivity index (χ1v) is 15.3. The van der Waals surface area contributed by atoms with Gasteiger partial charge < -0.3 is 0 Å². The Kier molecular flexibility index (Phi) is 8.43. The lowest BCUT2D eigenvalue weighted by Gasteiger charge is -2.46. The zero-order valence-electron chi connectivity index (χ0n) is 29.8. The molecule has 220 valence electrons. The van der Waals surface area contributed by atoms with Crippen molar-refractivity contribution in [2.75, 3.05) is 0 Å². The molecule has 0 aliphatic rings. The fourth-order valence-corrected chi connectivity index (χ4v) is 6.36. The van der Waals surface area contributed by atoms with Crippen LogP contribution in [0, 0.1) is 0 Å². The number of hydrogen-bond donors (Lipinski definition) is 0. The van der Waals surface area contributed by atoms with Gasteiger partial charge in [0.15, 0.2) is 0 Å². The maximum absolute atomic E-state index is 2.59. The third-order valence-corrected chi connectivity index (χ3v) is 8.44. The summed E-state index contributed by atoms with van der Waals surface area (Å²) >= 11 is 0. The minimum absolute atomic E-state index is 0.00111. The van der Waals surface area contributed by atoms with Crippen LogP contribution < -0.4 is 0 Å². The van der Waals surface area contributed by atoms with Gasteiger partial charge in [0, 0.05) is 5.41 Å². The molecule has 0 bridgehead atoms. The lowest BCUT2D eigenvalue weighted by Crippen LogP contribution is -2.37. The summed E-state index contributed by atoms with van der Waals surface area (Å²) < 4.78 is 0. The molecule has 0 fully saturated rings. The van der Waals surface area contributed by atoms with Crippen LogP contribution >= 0.6 is 0 Å². The molecule has 0 atom stereocenters. The van der Waals surface area contributed by atoms with Crippen molar-refractivity contribution in [1.29, 1.82) is 0 Å². The monoisotopic (exact) mass is 533 g/mol. The second kappa shape index (κ2) is 9.77. The van der Waals surface area contributed by atoms with E-state index in [0.717, 1.165) is 0 Å². The highest BCUT2D eigenvalue weighted by atomic mass is 14.5. The van der Waals surface area contributed by atoms with Gasteiger partial charge in [0.05, 0.1) is 0 Å².